The fourth-order valence-electron chi connectivity index (χ4n) is 1.40. The first kappa shape index (κ1) is 9.54. The summed E-state index contributed by atoms with van der Waals surface area (Å²) >= 11 is 3.15. The van der Waals surface area contributed by atoms with Crippen molar-refractivity contribution < 1.29 is 4.92 Å². The predicted octanol–water partition coefficient (Wildman–Crippen LogP) is 1.57. The molecule has 2 rings (SSSR count). The summed E-state index contributed by atoms with van der Waals surface area (Å²) in [5, 5.41) is 10.7. The number of hydrogen-bond donors (Lipinski definition) is 1. The van der Waals surface area contributed by atoms with Crippen LogP contribution in [0.1, 0.15) is 18.0 Å². The molecular formula is C8H8BrN3O2. The van der Waals surface area contributed by atoms with Gasteiger partial charge in [0.1, 0.15) is 5.69 Å². The van der Waals surface area contributed by atoms with Crippen molar-refractivity contribution >= 4 is 21.6 Å². The van der Waals surface area contributed by atoms with Gasteiger partial charge in [-0.3, -0.25) is 15.1 Å². The monoisotopic (exact) mass is 257 g/mol. The van der Waals surface area contributed by atoms with Crippen LogP contribution >= 0.6 is 15.9 Å². The summed E-state index contributed by atoms with van der Waals surface area (Å²) in [7, 11) is 0. The maximum absolute atomic E-state index is 10.7. The van der Waals surface area contributed by atoms with Crippen LogP contribution in [-0.4, -0.2) is 15.9 Å². The summed E-state index contributed by atoms with van der Waals surface area (Å²) in [6, 6.07) is 1.50. The molecule has 1 aromatic rings. The second kappa shape index (κ2) is 3.29. The Labute approximate surface area is 88.6 Å². The van der Waals surface area contributed by atoms with Crippen LogP contribution < -0.4 is 5.73 Å². The molecule has 0 radical (unpaired) electrons. The third-order valence-electron chi connectivity index (χ3n) is 2.25. The minimum absolute atomic E-state index is 0.0300. The standard InChI is InChI=1S/C8H8BrN3O2/c9-4-1-7(12(13)14)8(11-3-4)5-2-6(5)10/h1,3,5-6H,2,10H2/t5-,6-/m1/s1. The van der Waals surface area contributed by atoms with Gasteiger partial charge in [-0.1, -0.05) is 0 Å². The lowest BCUT2D eigenvalue weighted by Gasteiger charge is -2.00. The predicted molar refractivity (Wildman–Crippen MR) is 53.9 cm³/mol. The second-order valence-electron chi connectivity index (χ2n) is 3.32. The van der Waals surface area contributed by atoms with E-state index in [9.17, 15) is 10.1 Å². The highest BCUT2D eigenvalue weighted by molar-refractivity contribution is 9.10. The quantitative estimate of drug-likeness (QED) is 0.644. The van der Waals surface area contributed by atoms with E-state index < -0.39 is 4.92 Å². The zero-order valence-corrected chi connectivity index (χ0v) is 8.77. The number of halogens is 1. The van der Waals surface area contributed by atoms with Crippen LogP contribution in [0.25, 0.3) is 0 Å². The molecule has 1 aliphatic carbocycles. The van der Waals surface area contributed by atoms with E-state index in [0.29, 0.717) is 10.2 Å². The van der Waals surface area contributed by atoms with Gasteiger partial charge in [0.15, 0.2) is 0 Å². The second-order valence-corrected chi connectivity index (χ2v) is 4.24. The van der Waals surface area contributed by atoms with Crippen molar-refractivity contribution in [3.05, 3.63) is 32.5 Å². The minimum atomic E-state index is -0.419. The Morgan fingerprint density at radius 1 is 1.71 bits per heavy atom. The summed E-state index contributed by atoms with van der Waals surface area (Å²) in [6.07, 6.45) is 2.35. The average Bonchev–Trinajstić information content (AvgIpc) is 2.82. The van der Waals surface area contributed by atoms with Crippen LogP contribution in [0.5, 0.6) is 0 Å². The lowest BCUT2D eigenvalue weighted by atomic mass is 10.2. The summed E-state index contributed by atoms with van der Waals surface area (Å²) in [6.45, 7) is 0. The van der Waals surface area contributed by atoms with Crippen molar-refractivity contribution in [2.45, 2.75) is 18.4 Å². The maximum Gasteiger partial charge on any atom is 0.292 e. The third kappa shape index (κ3) is 1.62. The summed E-state index contributed by atoms with van der Waals surface area (Å²) in [4.78, 5) is 14.3. The Morgan fingerprint density at radius 2 is 2.36 bits per heavy atom. The summed E-state index contributed by atoms with van der Waals surface area (Å²) in [5.74, 6) is 0.0588. The zero-order valence-electron chi connectivity index (χ0n) is 7.18. The SMILES string of the molecule is N[C@@H]1C[C@H]1c1ncc(Br)cc1[N+](=O)[O-]. The van der Waals surface area contributed by atoms with Crippen molar-refractivity contribution in [1.82, 2.24) is 4.98 Å². The first-order valence-electron chi connectivity index (χ1n) is 4.15. The van der Waals surface area contributed by atoms with E-state index in [2.05, 4.69) is 20.9 Å². The Kier molecular flexibility index (Phi) is 2.24. The van der Waals surface area contributed by atoms with Crippen molar-refractivity contribution in [3.63, 3.8) is 0 Å². The molecule has 5 nitrogen and oxygen atoms in total. The Balaban J connectivity index is 2.43. The summed E-state index contributed by atoms with van der Waals surface area (Å²) < 4.78 is 0.613. The van der Waals surface area contributed by atoms with E-state index >= 15 is 0 Å². The first-order chi connectivity index (χ1) is 6.59. The lowest BCUT2D eigenvalue weighted by molar-refractivity contribution is -0.386. The fraction of sp³-hybridized carbons (Fsp3) is 0.375. The number of nitrogens with zero attached hydrogens (tertiary/aromatic N) is 2. The van der Waals surface area contributed by atoms with Crippen molar-refractivity contribution in [3.8, 4) is 0 Å². The van der Waals surface area contributed by atoms with Gasteiger partial charge in [-0.25, -0.2) is 0 Å². The molecule has 2 atom stereocenters. The summed E-state index contributed by atoms with van der Waals surface area (Å²) in [5.41, 5.74) is 6.19. The van der Waals surface area contributed by atoms with E-state index in [0.717, 1.165) is 6.42 Å². The number of pyridine rings is 1. The molecular weight excluding hydrogens is 250 g/mol. The Morgan fingerprint density at radius 3 is 2.86 bits per heavy atom. The van der Waals surface area contributed by atoms with Gasteiger partial charge < -0.3 is 5.73 Å². The van der Waals surface area contributed by atoms with E-state index in [1.165, 1.54) is 6.07 Å². The van der Waals surface area contributed by atoms with Crippen LogP contribution in [-0.2, 0) is 0 Å². The average molecular weight is 258 g/mol. The highest BCUT2D eigenvalue weighted by atomic mass is 79.9. The molecule has 0 spiro atoms. The Hall–Kier alpha value is -1.01. The number of aromatic nitrogens is 1. The molecule has 1 heterocycles. The molecule has 14 heavy (non-hydrogen) atoms. The Bertz CT molecular complexity index is 396. The molecule has 1 saturated carbocycles. The molecule has 0 amide bonds. The molecule has 0 saturated heterocycles. The van der Waals surface area contributed by atoms with Crippen molar-refractivity contribution in [2.24, 2.45) is 5.73 Å². The minimum Gasteiger partial charge on any atom is -0.327 e. The molecule has 74 valence electrons. The van der Waals surface area contributed by atoms with Gasteiger partial charge in [0, 0.05) is 28.7 Å². The van der Waals surface area contributed by atoms with E-state index in [4.69, 9.17) is 5.73 Å². The van der Waals surface area contributed by atoms with Gasteiger partial charge in [-0.2, -0.15) is 0 Å². The van der Waals surface area contributed by atoms with Crippen LogP contribution in [0.4, 0.5) is 5.69 Å². The molecule has 1 aromatic heterocycles. The lowest BCUT2D eigenvalue weighted by Crippen LogP contribution is -2.04. The van der Waals surface area contributed by atoms with Crippen LogP contribution in [0.3, 0.4) is 0 Å². The normalized spacial score (nSPS) is 24.7. The van der Waals surface area contributed by atoms with Crippen molar-refractivity contribution in [1.29, 1.82) is 0 Å². The molecule has 0 bridgehead atoms. The third-order valence-corrected chi connectivity index (χ3v) is 2.69. The van der Waals surface area contributed by atoms with E-state index in [1.807, 2.05) is 0 Å². The fourth-order valence-corrected chi connectivity index (χ4v) is 1.72. The molecule has 6 heteroatoms. The van der Waals surface area contributed by atoms with E-state index in [-0.39, 0.29) is 17.6 Å². The van der Waals surface area contributed by atoms with Crippen molar-refractivity contribution in [2.75, 3.05) is 0 Å². The molecule has 0 unspecified atom stereocenters. The number of hydrogen-bond acceptors (Lipinski definition) is 4. The largest absolute Gasteiger partial charge is 0.327 e. The molecule has 1 aliphatic rings. The molecule has 0 aromatic carbocycles. The number of nitro groups is 1. The zero-order chi connectivity index (χ0) is 10.3. The van der Waals surface area contributed by atoms with Crippen LogP contribution in [0.2, 0.25) is 0 Å². The van der Waals surface area contributed by atoms with Gasteiger partial charge in [-0.15, -0.1) is 0 Å². The maximum atomic E-state index is 10.7. The van der Waals surface area contributed by atoms with Gasteiger partial charge in [-0.05, 0) is 22.4 Å². The number of nitrogens with two attached hydrogens (primary N) is 1. The topological polar surface area (TPSA) is 82.0 Å². The molecule has 1 fully saturated rings. The molecule has 0 aliphatic heterocycles. The first-order valence-corrected chi connectivity index (χ1v) is 4.94. The highest BCUT2D eigenvalue weighted by Crippen LogP contribution is 2.42. The smallest absolute Gasteiger partial charge is 0.292 e. The van der Waals surface area contributed by atoms with Gasteiger partial charge in [0.25, 0.3) is 5.69 Å². The van der Waals surface area contributed by atoms with Gasteiger partial charge >= 0.3 is 0 Å². The highest BCUT2D eigenvalue weighted by Gasteiger charge is 2.40. The van der Waals surface area contributed by atoms with Gasteiger partial charge in [0.2, 0.25) is 0 Å². The molecule has 2 N–H and O–H groups in total. The van der Waals surface area contributed by atoms with E-state index in [1.54, 1.807) is 6.20 Å². The van der Waals surface area contributed by atoms with Crippen LogP contribution in [0, 0.1) is 10.1 Å². The van der Waals surface area contributed by atoms with Crippen LogP contribution in [0.15, 0.2) is 16.7 Å². The number of rotatable bonds is 2. The van der Waals surface area contributed by atoms with Gasteiger partial charge in [0.05, 0.1) is 4.92 Å².